The zero-order valence-corrected chi connectivity index (χ0v) is 20.8. The Morgan fingerprint density at radius 2 is 1.61 bits per heavy atom. The molecular weight excluding hydrogens is 440 g/mol. The minimum atomic E-state index is -3.34. The van der Waals surface area contributed by atoms with Gasteiger partial charge in [-0.15, -0.1) is 0 Å². The fourth-order valence-electron chi connectivity index (χ4n) is 4.11. The number of sulfone groups is 1. The molecular formula is C25H32N2O5S. The van der Waals surface area contributed by atoms with Crippen LogP contribution in [0.1, 0.15) is 41.5 Å². The van der Waals surface area contributed by atoms with Gasteiger partial charge in [0.05, 0.1) is 34.2 Å². The normalized spacial score (nSPS) is 16.2. The van der Waals surface area contributed by atoms with Gasteiger partial charge in [-0.3, -0.25) is 9.69 Å². The van der Waals surface area contributed by atoms with Crippen molar-refractivity contribution in [2.75, 3.05) is 22.1 Å². The molecule has 1 aliphatic heterocycles. The smallest absolute Gasteiger partial charge is 0.414 e. The van der Waals surface area contributed by atoms with Crippen molar-refractivity contribution in [2.45, 2.75) is 58.6 Å². The van der Waals surface area contributed by atoms with Gasteiger partial charge in [-0.2, -0.15) is 0 Å². The number of fused-ring (bicyclic) bond motifs is 1. The predicted molar refractivity (Wildman–Crippen MR) is 130 cm³/mol. The molecule has 1 atom stereocenters. The third kappa shape index (κ3) is 5.38. The Labute approximate surface area is 196 Å². The van der Waals surface area contributed by atoms with Crippen LogP contribution in [-0.2, 0) is 19.4 Å². The zero-order valence-electron chi connectivity index (χ0n) is 20.0. The molecule has 7 nitrogen and oxygen atoms in total. The van der Waals surface area contributed by atoms with Crippen molar-refractivity contribution >= 4 is 33.2 Å². The topological polar surface area (TPSA) is 84.0 Å². The summed E-state index contributed by atoms with van der Waals surface area (Å²) in [5.74, 6) is 0.0311. The number of rotatable bonds is 5. The van der Waals surface area contributed by atoms with Crippen LogP contribution >= 0.6 is 0 Å². The second-order valence-corrected chi connectivity index (χ2v) is 11.2. The summed E-state index contributed by atoms with van der Waals surface area (Å²) >= 11 is 0. The van der Waals surface area contributed by atoms with Crippen molar-refractivity contribution in [2.24, 2.45) is 5.92 Å². The van der Waals surface area contributed by atoms with Gasteiger partial charge in [-0.1, -0.05) is 32.0 Å². The minimum absolute atomic E-state index is 0.0403. The number of carbonyl (C=O) groups is 2. The van der Waals surface area contributed by atoms with Crippen molar-refractivity contribution in [1.29, 1.82) is 0 Å². The summed E-state index contributed by atoms with van der Waals surface area (Å²) in [5, 5.41) is 0. The SMILES string of the molecule is CC(=O)N1c2ccc(-c3ccc(S(=O)(=O)CC(C)C)cc3)cc2N(C(=O)OC(C)C)CC1C. The summed E-state index contributed by atoms with van der Waals surface area (Å²) in [5.41, 5.74) is 2.85. The molecule has 0 N–H and O–H groups in total. The van der Waals surface area contributed by atoms with Gasteiger partial charge in [0.25, 0.3) is 0 Å². The highest BCUT2D eigenvalue weighted by Gasteiger charge is 2.34. The van der Waals surface area contributed by atoms with Crippen LogP contribution in [0.4, 0.5) is 16.2 Å². The maximum Gasteiger partial charge on any atom is 0.414 e. The maximum atomic E-state index is 12.8. The van der Waals surface area contributed by atoms with E-state index >= 15 is 0 Å². The second-order valence-electron chi connectivity index (χ2n) is 9.18. The number of amides is 2. The summed E-state index contributed by atoms with van der Waals surface area (Å²) in [4.78, 5) is 28.7. The second kappa shape index (κ2) is 9.55. The quantitative estimate of drug-likeness (QED) is 0.619. The summed E-state index contributed by atoms with van der Waals surface area (Å²) in [7, 11) is -3.34. The van der Waals surface area contributed by atoms with Gasteiger partial charge in [-0.25, -0.2) is 13.2 Å². The molecule has 0 spiro atoms. The van der Waals surface area contributed by atoms with E-state index in [9.17, 15) is 18.0 Å². The van der Waals surface area contributed by atoms with Gasteiger partial charge in [0, 0.05) is 13.5 Å². The van der Waals surface area contributed by atoms with E-state index in [-0.39, 0.29) is 34.6 Å². The van der Waals surface area contributed by atoms with Gasteiger partial charge in [0.2, 0.25) is 5.91 Å². The van der Waals surface area contributed by atoms with Crippen LogP contribution in [0.5, 0.6) is 0 Å². The molecule has 0 radical (unpaired) electrons. The van der Waals surface area contributed by atoms with Crippen molar-refractivity contribution in [3.05, 3.63) is 42.5 Å². The highest BCUT2D eigenvalue weighted by Crippen LogP contribution is 2.39. The molecule has 0 bridgehead atoms. The Morgan fingerprint density at radius 3 is 2.15 bits per heavy atom. The van der Waals surface area contributed by atoms with Crippen LogP contribution in [0.2, 0.25) is 0 Å². The fourth-order valence-corrected chi connectivity index (χ4v) is 5.73. The Kier molecular flexibility index (Phi) is 7.17. The molecule has 2 aromatic carbocycles. The van der Waals surface area contributed by atoms with Gasteiger partial charge >= 0.3 is 6.09 Å². The Balaban J connectivity index is 2.03. The molecule has 2 aromatic rings. The first kappa shape index (κ1) is 24.8. The standard InChI is InChI=1S/C25H32N2O5S/c1-16(2)15-33(30,31)22-10-7-20(8-11-22)21-9-12-23-24(13-21)26(25(29)32-17(3)4)14-18(5)27(23)19(6)28/h7-13,16-18H,14-15H2,1-6H3. The number of ether oxygens (including phenoxy) is 1. The average Bonchev–Trinajstić information content (AvgIpc) is 2.71. The van der Waals surface area contributed by atoms with Crippen LogP contribution in [-0.4, -0.2) is 44.9 Å². The largest absolute Gasteiger partial charge is 0.446 e. The first-order chi connectivity index (χ1) is 15.4. The Hall–Kier alpha value is -2.87. The Bertz CT molecular complexity index is 1140. The lowest BCUT2D eigenvalue weighted by molar-refractivity contribution is -0.117. The lowest BCUT2D eigenvalue weighted by atomic mass is 10.0. The monoisotopic (exact) mass is 472 g/mol. The average molecular weight is 473 g/mol. The van der Waals surface area contributed by atoms with Crippen molar-refractivity contribution in [3.63, 3.8) is 0 Å². The molecule has 33 heavy (non-hydrogen) atoms. The van der Waals surface area contributed by atoms with E-state index in [0.29, 0.717) is 17.9 Å². The molecule has 1 heterocycles. The summed E-state index contributed by atoms with van der Waals surface area (Å²) in [6, 6.07) is 12.1. The molecule has 0 aromatic heterocycles. The number of carbonyl (C=O) groups excluding carboxylic acids is 2. The molecule has 2 amide bonds. The van der Waals surface area contributed by atoms with E-state index in [2.05, 4.69) is 0 Å². The number of benzene rings is 2. The summed E-state index contributed by atoms with van der Waals surface area (Å²) < 4.78 is 30.5. The summed E-state index contributed by atoms with van der Waals surface area (Å²) in [6.45, 7) is 11.0. The third-order valence-corrected chi connectivity index (χ3v) is 7.50. The number of anilines is 2. The number of hydrogen-bond donors (Lipinski definition) is 0. The van der Waals surface area contributed by atoms with E-state index in [1.54, 1.807) is 47.9 Å². The van der Waals surface area contributed by atoms with E-state index < -0.39 is 15.9 Å². The molecule has 178 valence electrons. The molecule has 0 saturated heterocycles. The molecule has 0 fully saturated rings. The molecule has 1 unspecified atom stereocenters. The van der Waals surface area contributed by atoms with Gasteiger partial charge in [-0.05, 0) is 62.1 Å². The van der Waals surface area contributed by atoms with E-state index in [1.165, 1.54) is 6.92 Å². The Morgan fingerprint density at radius 1 is 1.00 bits per heavy atom. The molecule has 3 rings (SSSR count). The molecule has 0 aliphatic carbocycles. The van der Waals surface area contributed by atoms with Crippen molar-refractivity contribution < 1.29 is 22.7 Å². The third-order valence-electron chi connectivity index (χ3n) is 5.41. The van der Waals surface area contributed by atoms with Gasteiger partial charge < -0.3 is 9.64 Å². The van der Waals surface area contributed by atoms with Gasteiger partial charge in [0.15, 0.2) is 9.84 Å². The predicted octanol–water partition coefficient (Wildman–Crippen LogP) is 4.89. The first-order valence-corrected chi connectivity index (χ1v) is 12.8. The number of nitrogens with zero attached hydrogens (tertiary/aromatic N) is 2. The van der Waals surface area contributed by atoms with Crippen LogP contribution in [0.3, 0.4) is 0 Å². The fraction of sp³-hybridized carbons (Fsp3) is 0.440. The number of hydrogen-bond acceptors (Lipinski definition) is 5. The zero-order chi connectivity index (χ0) is 24.5. The van der Waals surface area contributed by atoms with Crippen molar-refractivity contribution in [3.8, 4) is 11.1 Å². The molecule has 8 heteroatoms. The van der Waals surface area contributed by atoms with E-state index in [1.807, 2.05) is 39.0 Å². The van der Waals surface area contributed by atoms with E-state index in [4.69, 9.17) is 4.74 Å². The lowest BCUT2D eigenvalue weighted by Gasteiger charge is -2.40. The summed E-state index contributed by atoms with van der Waals surface area (Å²) in [6.07, 6.45) is -0.737. The van der Waals surface area contributed by atoms with E-state index in [0.717, 1.165) is 11.1 Å². The highest BCUT2D eigenvalue weighted by molar-refractivity contribution is 7.91. The lowest BCUT2D eigenvalue weighted by Crippen LogP contribution is -2.51. The van der Waals surface area contributed by atoms with Crippen molar-refractivity contribution in [1.82, 2.24) is 0 Å². The van der Waals surface area contributed by atoms with Crippen LogP contribution in [0, 0.1) is 5.92 Å². The van der Waals surface area contributed by atoms with Crippen LogP contribution < -0.4 is 9.80 Å². The highest BCUT2D eigenvalue weighted by atomic mass is 32.2. The maximum absolute atomic E-state index is 12.8. The van der Waals surface area contributed by atoms with Crippen LogP contribution in [0.15, 0.2) is 47.4 Å². The molecule has 0 saturated carbocycles. The molecule has 1 aliphatic rings. The van der Waals surface area contributed by atoms with Crippen LogP contribution in [0.25, 0.3) is 11.1 Å². The first-order valence-electron chi connectivity index (χ1n) is 11.2. The van der Waals surface area contributed by atoms with Gasteiger partial charge in [0.1, 0.15) is 0 Å². The minimum Gasteiger partial charge on any atom is -0.446 e.